The number of hydrogen-bond acceptors (Lipinski definition) is 8. The molecule has 0 unspecified atom stereocenters. The number of ether oxygens (including phenoxy) is 3. The molecule has 8 nitrogen and oxygen atoms in total. The Balaban J connectivity index is 1.89. The normalized spacial score (nSPS) is 27.0. The lowest BCUT2D eigenvalue weighted by atomic mass is 9.96. The van der Waals surface area contributed by atoms with E-state index >= 15 is 0 Å². The van der Waals surface area contributed by atoms with Gasteiger partial charge >= 0.3 is 0 Å². The second kappa shape index (κ2) is 9.90. The van der Waals surface area contributed by atoms with Gasteiger partial charge < -0.3 is 39.7 Å². The molecule has 0 spiro atoms. The highest BCUT2D eigenvalue weighted by molar-refractivity contribution is 5.42. The molecule has 6 atom stereocenters. The molecule has 1 heterocycles. The minimum Gasteiger partial charge on any atom is -0.497 e. The molecule has 0 bridgehead atoms. The highest BCUT2D eigenvalue weighted by atomic mass is 19.1. The summed E-state index contributed by atoms with van der Waals surface area (Å²) >= 11 is 0. The van der Waals surface area contributed by atoms with E-state index in [4.69, 9.17) is 14.2 Å². The SMILES string of the molecule is COc1ccc(Cc2ccc(CO)cc2O[C@@H]2O[C@H]([C@@H](C)O)[C@@H](O)[C@H](O)[C@H]2O)c(F)c1. The predicted octanol–water partition coefficient (Wildman–Crippen LogP) is 0.485. The van der Waals surface area contributed by atoms with Crippen molar-refractivity contribution in [3.63, 3.8) is 0 Å². The van der Waals surface area contributed by atoms with Gasteiger partial charge in [0.1, 0.15) is 41.7 Å². The van der Waals surface area contributed by atoms with Gasteiger partial charge in [-0.05, 0) is 35.7 Å². The van der Waals surface area contributed by atoms with Crippen molar-refractivity contribution in [2.75, 3.05) is 7.11 Å². The molecule has 9 heteroatoms. The summed E-state index contributed by atoms with van der Waals surface area (Å²) in [7, 11) is 1.44. The van der Waals surface area contributed by atoms with Crippen LogP contribution in [-0.2, 0) is 17.8 Å². The molecule has 1 aliphatic heterocycles. The summed E-state index contributed by atoms with van der Waals surface area (Å²) < 4.78 is 30.7. The smallest absolute Gasteiger partial charge is 0.229 e. The van der Waals surface area contributed by atoms with Gasteiger partial charge in [0.15, 0.2) is 0 Å². The van der Waals surface area contributed by atoms with Gasteiger partial charge in [-0.15, -0.1) is 0 Å². The molecule has 2 aromatic rings. The van der Waals surface area contributed by atoms with Crippen LogP contribution in [-0.4, -0.2) is 69.5 Å². The molecule has 1 fully saturated rings. The van der Waals surface area contributed by atoms with Crippen molar-refractivity contribution in [2.45, 2.75) is 56.8 Å². The summed E-state index contributed by atoms with van der Waals surface area (Å²) in [5.74, 6) is 0.0979. The second-order valence-corrected chi connectivity index (χ2v) is 7.53. The monoisotopic (exact) mass is 438 g/mol. The number of aliphatic hydroxyl groups excluding tert-OH is 5. The number of methoxy groups -OCH3 is 1. The summed E-state index contributed by atoms with van der Waals surface area (Å²) in [6.45, 7) is 1.10. The van der Waals surface area contributed by atoms with Crippen molar-refractivity contribution in [2.24, 2.45) is 0 Å². The number of rotatable bonds is 7. The van der Waals surface area contributed by atoms with Gasteiger partial charge in [-0.1, -0.05) is 18.2 Å². The first-order valence-electron chi connectivity index (χ1n) is 9.84. The first-order chi connectivity index (χ1) is 14.7. The minimum absolute atomic E-state index is 0.130. The summed E-state index contributed by atoms with van der Waals surface area (Å²) in [6.07, 6.45) is -8.33. The average Bonchev–Trinajstić information content (AvgIpc) is 2.76. The van der Waals surface area contributed by atoms with E-state index in [9.17, 15) is 29.9 Å². The van der Waals surface area contributed by atoms with E-state index in [1.54, 1.807) is 24.3 Å². The molecule has 0 aromatic heterocycles. The third kappa shape index (κ3) is 5.15. The zero-order valence-electron chi connectivity index (χ0n) is 17.2. The zero-order chi connectivity index (χ0) is 22.7. The summed E-state index contributed by atoms with van der Waals surface area (Å²) in [6, 6.07) is 9.28. The summed E-state index contributed by atoms with van der Waals surface area (Å²) in [5, 5.41) is 49.8. The standard InChI is InChI=1S/C22H27FO8/c1-11(25)21-19(27)18(26)20(28)22(31-21)30-17-7-12(10-24)3-4-14(17)8-13-5-6-15(29-2)9-16(13)23/h3-7,9,11,18-22,24-28H,8,10H2,1-2H3/t11-,18+,19+,20-,21-,22-/m1/s1. The van der Waals surface area contributed by atoms with Crippen LogP contribution in [0, 0.1) is 5.82 Å². The third-order valence-corrected chi connectivity index (χ3v) is 5.28. The predicted molar refractivity (Wildman–Crippen MR) is 107 cm³/mol. The van der Waals surface area contributed by atoms with Crippen molar-refractivity contribution in [1.82, 2.24) is 0 Å². The van der Waals surface area contributed by atoms with E-state index in [0.717, 1.165) is 0 Å². The van der Waals surface area contributed by atoms with Gasteiger partial charge in [-0.3, -0.25) is 0 Å². The third-order valence-electron chi connectivity index (χ3n) is 5.28. The molecule has 0 aliphatic carbocycles. The van der Waals surface area contributed by atoms with Gasteiger partial charge in [-0.25, -0.2) is 4.39 Å². The van der Waals surface area contributed by atoms with Gasteiger partial charge in [0.2, 0.25) is 6.29 Å². The number of hydrogen-bond donors (Lipinski definition) is 5. The van der Waals surface area contributed by atoms with E-state index in [1.165, 1.54) is 26.2 Å². The molecular weight excluding hydrogens is 411 g/mol. The minimum atomic E-state index is -1.61. The largest absolute Gasteiger partial charge is 0.497 e. The van der Waals surface area contributed by atoms with Gasteiger partial charge in [0.25, 0.3) is 0 Å². The van der Waals surface area contributed by atoms with Crippen LogP contribution in [0.15, 0.2) is 36.4 Å². The Labute approximate surface area is 179 Å². The fraction of sp³-hybridized carbons (Fsp3) is 0.455. The lowest BCUT2D eigenvalue weighted by Crippen LogP contribution is -2.61. The Morgan fingerprint density at radius 2 is 1.74 bits per heavy atom. The number of halogens is 1. The van der Waals surface area contributed by atoms with E-state index in [-0.39, 0.29) is 18.8 Å². The highest BCUT2D eigenvalue weighted by Gasteiger charge is 2.46. The molecule has 5 N–H and O–H groups in total. The van der Waals surface area contributed by atoms with Crippen molar-refractivity contribution in [3.8, 4) is 11.5 Å². The van der Waals surface area contributed by atoms with Crippen LogP contribution in [0.3, 0.4) is 0 Å². The Bertz CT molecular complexity index is 890. The maximum absolute atomic E-state index is 14.4. The van der Waals surface area contributed by atoms with Gasteiger partial charge in [0.05, 0.1) is 19.8 Å². The fourth-order valence-corrected chi connectivity index (χ4v) is 3.45. The van der Waals surface area contributed by atoms with Crippen LogP contribution in [0.4, 0.5) is 4.39 Å². The van der Waals surface area contributed by atoms with Gasteiger partial charge in [0, 0.05) is 12.5 Å². The maximum Gasteiger partial charge on any atom is 0.229 e. The van der Waals surface area contributed by atoms with Crippen LogP contribution in [0.5, 0.6) is 11.5 Å². The molecule has 170 valence electrons. The van der Waals surface area contributed by atoms with Crippen LogP contribution < -0.4 is 9.47 Å². The summed E-state index contributed by atoms with van der Waals surface area (Å²) in [5.41, 5.74) is 1.41. The first kappa shape index (κ1) is 23.4. The molecule has 2 aromatic carbocycles. The van der Waals surface area contributed by atoms with E-state index in [2.05, 4.69) is 0 Å². The van der Waals surface area contributed by atoms with E-state index in [1.807, 2.05) is 0 Å². The topological polar surface area (TPSA) is 129 Å². The molecule has 0 radical (unpaired) electrons. The highest BCUT2D eigenvalue weighted by Crippen LogP contribution is 2.30. The molecule has 31 heavy (non-hydrogen) atoms. The van der Waals surface area contributed by atoms with Crippen LogP contribution in [0.25, 0.3) is 0 Å². The number of benzene rings is 2. The quantitative estimate of drug-likeness (QED) is 0.422. The van der Waals surface area contributed by atoms with Gasteiger partial charge in [-0.2, -0.15) is 0 Å². The van der Waals surface area contributed by atoms with Crippen molar-refractivity contribution in [3.05, 3.63) is 58.9 Å². The molecule has 1 saturated heterocycles. The molecule has 3 rings (SSSR count). The molecule has 0 saturated carbocycles. The van der Waals surface area contributed by atoms with Crippen molar-refractivity contribution < 1.29 is 44.1 Å². The second-order valence-electron chi connectivity index (χ2n) is 7.53. The van der Waals surface area contributed by atoms with Crippen LogP contribution >= 0.6 is 0 Å². The molecule has 0 amide bonds. The lowest BCUT2D eigenvalue weighted by Gasteiger charge is -2.41. The lowest BCUT2D eigenvalue weighted by molar-refractivity contribution is -0.286. The van der Waals surface area contributed by atoms with Crippen LogP contribution in [0.2, 0.25) is 0 Å². The Kier molecular flexibility index (Phi) is 7.47. The van der Waals surface area contributed by atoms with Crippen molar-refractivity contribution in [1.29, 1.82) is 0 Å². The average molecular weight is 438 g/mol. The zero-order valence-corrected chi connectivity index (χ0v) is 17.2. The Morgan fingerprint density at radius 3 is 2.35 bits per heavy atom. The van der Waals surface area contributed by atoms with E-state index < -0.39 is 42.6 Å². The Morgan fingerprint density at radius 1 is 1.03 bits per heavy atom. The maximum atomic E-state index is 14.4. The first-order valence-corrected chi connectivity index (χ1v) is 9.84. The Hall–Kier alpha value is -2.27. The summed E-state index contributed by atoms with van der Waals surface area (Å²) in [4.78, 5) is 0. The molecule has 1 aliphatic rings. The van der Waals surface area contributed by atoms with E-state index in [0.29, 0.717) is 22.4 Å². The fourth-order valence-electron chi connectivity index (χ4n) is 3.45. The molecular formula is C22H27FO8. The number of aliphatic hydroxyl groups is 5. The van der Waals surface area contributed by atoms with Crippen LogP contribution in [0.1, 0.15) is 23.6 Å². The van der Waals surface area contributed by atoms with Crippen molar-refractivity contribution >= 4 is 0 Å².